The van der Waals surface area contributed by atoms with E-state index in [2.05, 4.69) is 12.2 Å². The summed E-state index contributed by atoms with van der Waals surface area (Å²) in [6, 6.07) is 9.57. The lowest BCUT2D eigenvalue weighted by molar-refractivity contribution is 0.0602. The number of carbonyl (C=O) groups excluding carboxylic acids is 2. The van der Waals surface area contributed by atoms with Crippen LogP contribution in [0.25, 0.3) is 0 Å². The summed E-state index contributed by atoms with van der Waals surface area (Å²) in [6.45, 7) is 2.68. The average Bonchev–Trinajstić information content (AvgIpc) is 2.71. The molecule has 1 amide bonds. The van der Waals surface area contributed by atoms with Crippen molar-refractivity contribution < 1.29 is 19.1 Å². The van der Waals surface area contributed by atoms with Gasteiger partial charge in [-0.2, -0.15) is 0 Å². The summed E-state index contributed by atoms with van der Waals surface area (Å²) in [7, 11) is 1.28. The Kier molecular flexibility index (Phi) is 9.29. The summed E-state index contributed by atoms with van der Waals surface area (Å²) >= 11 is 12.6. The Hall–Kier alpha value is -2.24. The number of ether oxygens (including phenoxy) is 2. The van der Waals surface area contributed by atoms with Gasteiger partial charge in [0, 0.05) is 5.56 Å². The first-order chi connectivity index (χ1) is 14.0. The topological polar surface area (TPSA) is 64.6 Å². The first-order valence-electron chi connectivity index (χ1n) is 9.58. The number of hydrogen-bond acceptors (Lipinski definition) is 4. The SMILES string of the molecule is CCCCCCCOc1c(Cl)cc(C(=O)Nc2ccccc2C(=O)OC)cc1Cl. The van der Waals surface area contributed by atoms with Crippen molar-refractivity contribution in [2.45, 2.75) is 39.0 Å². The second-order valence-corrected chi connectivity index (χ2v) is 7.34. The number of halogens is 2. The van der Waals surface area contributed by atoms with Gasteiger partial charge in [0.05, 0.1) is 35.0 Å². The summed E-state index contributed by atoms with van der Waals surface area (Å²) in [5.74, 6) is -0.619. The minimum Gasteiger partial charge on any atom is -0.490 e. The zero-order chi connectivity index (χ0) is 21.2. The standard InChI is InChI=1S/C22H25Cl2NO4/c1-3-4-5-6-9-12-29-20-17(23)13-15(14-18(20)24)21(26)25-19-11-8-7-10-16(19)22(27)28-2/h7-8,10-11,13-14H,3-6,9,12H2,1-2H3,(H,25,26). The van der Waals surface area contributed by atoms with Gasteiger partial charge < -0.3 is 14.8 Å². The van der Waals surface area contributed by atoms with Crippen LogP contribution in [0, 0.1) is 0 Å². The summed E-state index contributed by atoms with van der Waals surface area (Å²) in [4.78, 5) is 24.5. The molecule has 0 aliphatic heterocycles. The Morgan fingerprint density at radius 3 is 2.31 bits per heavy atom. The Morgan fingerprint density at radius 1 is 1.00 bits per heavy atom. The van der Waals surface area contributed by atoms with E-state index in [1.807, 2.05) is 0 Å². The Bertz CT molecular complexity index is 831. The number of unbranched alkanes of at least 4 members (excludes halogenated alkanes) is 4. The highest BCUT2D eigenvalue weighted by Crippen LogP contribution is 2.34. The highest BCUT2D eigenvalue weighted by Gasteiger charge is 2.17. The second-order valence-electron chi connectivity index (χ2n) is 6.52. The normalized spacial score (nSPS) is 10.5. The largest absolute Gasteiger partial charge is 0.490 e. The highest BCUT2D eigenvalue weighted by molar-refractivity contribution is 6.37. The summed E-state index contributed by atoms with van der Waals surface area (Å²) in [6.07, 6.45) is 5.58. The third-order valence-corrected chi connectivity index (χ3v) is 4.90. The van der Waals surface area contributed by atoms with Crippen molar-refractivity contribution in [2.24, 2.45) is 0 Å². The predicted molar refractivity (Wildman–Crippen MR) is 116 cm³/mol. The van der Waals surface area contributed by atoms with Crippen LogP contribution in [0.3, 0.4) is 0 Å². The number of para-hydroxylation sites is 1. The molecule has 1 N–H and O–H groups in total. The third-order valence-electron chi connectivity index (χ3n) is 4.34. The lowest BCUT2D eigenvalue weighted by Crippen LogP contribution is -2.15. The third kappa shape index (κ3) is 6.65. The number of carbonyl (C=O) groups is 2. The van der Waals surface area contributed by atoms with Crippen LogP contribution < -0.4 is 10.1 Å². The molecular weight excluding hydrogens is 413 g/mol. The molecule has 0 saturated carbocycles. The van der Waals surface area contributed by atoms with Gasteiger partial charge in [-0.25, -0.2) is 4.79 Å². The Balaban J connectivity index is 2.06. The van der Waals surface area contributed by atoms with E-state index in [-0.39, 0.29) is 21.2 Å². The van der Waals surface area contributed by atoms with E-state index in [0.29, 0.717) is 18.0 Å². The van der Waals surface area contributed by atoms with E-state index >= 15 is 0 Å². The van der Waals surface area contributed by atoms with Crippen LogP contribution in [0.2, 0.25) is 10.0 Å². The van der Waals surface area contributed by atoms with Gasteiger partial charge in [-0.15, -0.1) is 0 Å². The fraction of sp³-hybridized carbons (Fsp3) is 0.364. The van der Waals surface area contributed by atoms with Gasteiger partial charge in [0.25, 0.3) is 5.91 Å². The smallest absolute Gasteiger partial charge is 0.339 e. The fourth-order valence-corrected chi connectivity index (χ4v) is 3.38. The van der Waals surface area contributed by atoms with Crippen LogP contribution in [0.4, 0.5) is 5.69 Å². The van der Waals surface area contributed by atoms with Crippen LogP contribution in [-0.2, 0) is 4.74 Å². The second kappa shape index (κ2) is 11.7. The van der Waals surface area contributed by atoms with Gasteiger partial charge in [0.15, 0.2) is 5.75 Å². The molecule has 0 aromatic heterocycles. The molecule has 2 aromatic rings. The van der Waals surface area contributed by atoms with Crippen LogP contribution in [0.15, 0.2) is 36.4 Å². The lowest BCUT2D eigenvalue weighted by Gasteiger charge is -2.13. The Labute approximate surface area is 181 Å². The first kappa shape index (κ1) is 23.0. The molecule has 0 radical (unpaired) electrons. The summed E-state index contributed by atoms with van der Waals surface area (Å²) < 4.78 is 10.4. The molecule has 0 unspecified atom stereocenters. The van der Waals surface area contributed by atoms with E-state index in [0.717, 1.165) is 12.8 Å². The van der Waals surface area contributed by atoms with E-state index < -0.39 is 11.9 Å². The van der Waals surface area contributed by atoms with Crippen LogP contribution >= 0.6 is 23.2 Å². The molecule has 5 nitrogen and oxygen atoms in total. The number of esters is 1. The van der Waals surface area contributed by atoms with Gasteiger partial charge in [0.1, 0.15) is 0 Å². The molecule has 0 atom stereocenters. The van der Waals surface area contributed by atoms with Crippen molar-refractivity contribution >= 4 is 40.8 Å². The molecule has 0 fully saturated rings. The molecule has 156 valence electrons. The molecule has 0 heterocycles. The molecular formula is C22H25Cl2NO4. The molecule has 0 aliphatic carbocycles. The quantitative estimate of drug-likeness (QED) is 0.345. The van der Waals surface area contributed by atoms with Crippen molar-refractivity contribution in [1.29, 1.82) is 0 Å². The number of nitrogens with one attached hydrogen (secondary N) is 1. The van der Waals surface area contributed by atoms with Gasteiger partial charge in [0.2, 0.25) is 0 Å². The number of rotatable bonds is 10. The molecule has 2 aromatic carbocycles. The number of amides is 1. The highest BCUT2D eigenvalue weighted by atomic mass is 35.5. The van der Waals surface area contributed by atoms with Crippen molar-refractivity contribution in [3.63, 3.8) is 0 Å². The minimum absolute atomic E-state index is 0.253. The Morgan fingerprint density at radius 2 is 1.66 bits per heavy atom. The van der Waals surface area contributed by atoms with Gasteiger partial charge in [-0.05, 0) is 30.7 Å². The molecule has 29 heavy (non-hydrogen) atoms. The molecule has 0 aliphatic rings. The zero-order valence-corrected chi connectivity index (χ0v) is 18.1. The summed E-state index contributed by atoms with van der Waals surface area (Å²) in [5.41, 5.74) is 0.850. The molecule has 0 bridgehead atoms. The van der Waals surface area contributed by atoms with Crippen molar-refractivity contribution in [3.05, 3.63) is 57.6 Å². The zero-order valence-electron chi connectivity index (χ0n) is 16.6. The monoisotopic (exact) mass is 437 g/mol. The maximum atomic E-state index is 12.6. The van der Waals surface area contributed by atoms with E-state index in [1.54, 1.807) is 24.3 Å². The first-order valence-corrected chi connectivity index (χ1v) is 10.3. The fourth-order valence-electron chi connectivity index (χ4n) is 2.78. The maximum absolute atomic E-state index is 12.6. The van der Waals surface area contributed by atoms with E-state index in [1.165, 1.54) is 38.5 Å². The number of benzene rings is 2. The number of hydrogen-bond donors (Lipinski definition) is 1. The maximum Gasteiger partial charge on any atom is 0.339 e. The van der Waals surface area contributed by atoms with Crippen molar-refractivity contribution in [1.82, 2.24) is 0 Å². The average molecular weight is 438 g/mol. The van der Waals surface area contributed by atoms with E-state index in [4.69, 9.17) is 32.7 Å². The molecule has 2 rings (SSSR count). The van der Waals surface area contributed by atoms with Crippen LogP contribution in [-0.4, -0.2) is 25.6 Å². The number of methoxy groups -OCH3 is 1. The van der Waals surface area contributed by atoms with Crippen molar-refractivity contribution in [2.75, 3.05) is 19.0 Å². The predicted octanol–water partition coefficient (Wildman–Crippen LogP) is 6.38. The van der Waals surface area contributed by atoms with Gasteiger partial charge in [-0.1, -0.05) is 67.9 Å². The van der Waals surface area contributed by atoms with E-state index in [9.17, 15) is 9.59 Å². The van der Waals surface area contributed by atoms with Crippen LogP contribution in [0.1, 0.15) is 59.7 Å². The lowest BCUT2D eigenvalue weighted by atomic mass is 10.1. The van der Waals surface area contributed by atoms with Gasteiger partial charge in [-0.3, -0.25) is 4.79 Å². The van der Waals surface area contributed by atoms with Crippen molar-refractivity contribution in [3.8, 4) is 5.75 Å². The minimum atomic E-state index is -0.542. The number of anilines is 1. The van der Waals surface area contributed by atoms with Gasteiger partial charge >= 0.3 is 5.97 Å². The summed E-state index contributed by atoms with van der Waals surface area (Å²) in [5, 5.41) is 3.21. The van der Waals surface area contributed by atoms with Crippen LogP contribution in [0.5, 0.6) is 5.75 Å². The molecule has 0 spiro atoms. The molecule has 7 heteroatoms. The molecule has 0 saturated heterocycles.